The predicted molar refractivity (Wildman–Crippen MR) is 78.0 cm³/mol. The van der Waals surface area contributed by atoms with Gasteiger partial charge in [0.05, 0.1) is 5.75 Å². The molecular formula is C14H14FN3O3S. The minimum Gasteiger partial charge on any atom is -0.405 e. The van der Waals surface area contributed by atoms with E-state index in [1.807, 2.05) is 0 Å². The van der Waals surface area contributed by atoms with Crippen molar-refractivity contribution in [2.45, 2.75) is 23.8 Å². The first-order chi connectivity index (χ1) is 10.7. The van der Waals surface area contributed by atoms with Crippen LogP contribution in [0.3, 0.4) is 0 Å². The van der Waals surface area contributed by atoms with Crippen molar-refractivity contribution in [1.82, 2.24) is 10.2 Å². The zero-order chi connectivity index (χ0) is 15.4. The summed E-state index contributed by atoms with van der Waals surface area (Å²) in [6.45, 7) is 0.684. The van der Waals surface area contributed by atoms with Gasteiger partial charge in [0.1, 0.15) is 11.9 Å². The Bertz CT molecular complexity index is 641. The molecule has 1 aliphatic rings. The van der Waals surface area contributed by atoms with E-state index in [2.05, 4.69) is 15.5 Å². The molecule has 22 heavy (non-hydrogen) atoms. The quantitative estimate of drug-likeness (QED) is 0.853. The smallest absolute Gasteiger partial charge is 0.322 e. The maximum absolute atomic E-state index is 12.8. The van der Waals surface area contributed by atoms with Crippen LogP contribution in [0.25, 0.3) is 0 Å². The molecule has 6 nitrogen and oxygen atoms in total. The molecule has 1 aromatic heterocycles. The lowest BCUT2D eigenvalue weighted by Gasteiger charge is -2.02. The van der Waals surface area contributed by atoms with Crippen molar-refractivity contribution in [3.8, 4) is 0 Å². The second kappa shape index (κ2) is 6.89. The molecule has 1 atom stereocenters. The molecule has 8 heteroatoms. The van der Waals surface area contributed by atoms with Crippen LogP contribution in [-0.2, 0) is 9.53 Å². The van der Waals surface area contributed by atoms with Gasteiger partial charge < -0.3 is 9.15 Å². The zero-order valence-corrected chi connectivity index (χ0v) is 12.4. The van der Waals surface area contributed by atoms with Crippen LogP contribution < -0.4 is 5.32 Å². The van der Waals surface area contributed by atoms with Gasteiger partial charge in [-0.1, -0.05) is 5.10 Å². The Labute approximate surface area is 130 Å². The van der Waals surface area contributed by atoms with Crippen molar-refractivity contribution in [2.75, 3.05) is 17.7 Å². The highest BCUT2D eigenvalue weighted by Gasteiger charge is 2.24. The molecule has 2 heterocycles. The average molecular weight is 323 g/mol. The standard InChI is InChI=1S/C14H14FN3O3S/c15-9-3-5-10(6-4-9)22-8-12(19)16-14-18-17-13(21-14)11-2-1-7-20-11/h3-6,11H,1-2,7-8H2,(H,16,18,19). The fraction of sp³-hybridized carbons (Fsp3) is 0.357. The van der Waals surface area contributed by atoms with Gasteiger partial charge in [0.2, 0.25) is 11.8 Å². The number of thioether (sulfide) groups is 1. The van der Waals surface area contributed by atoms with Crippen LogP contribution in [0.2, 0.25) is 0 Å². The van der Waals surface area contributed by atoms with E-state index in [1.165, 1.54) is 23.9 Å². The molecule has 0 radical (unpaired) electrons. The van der Waals surface area contributed by atoms with E-state index in [0.717, 1.165) is 17.7 Å². The molecule has 1 N–H and O–H groups in total. The summed E-state index contributed by atoms with van der Waals surface area (Å²) < 4.78 is 23.6. The number of amides is 1. The summed E-state index contributed by atoms with van der Waals surface area (Å²) in [5.41, 5.74) is 0. The maximum atomic E-state index is 12.8. The van der Waals surface area contributed by atoms with Gasteiger partial charge in [0, 0.05) is 11.5 Å². The molecular weight excluding hydrogens is 309 g/mol. The Kier molecular flexibility index (Phi) is 4.69. The van der Waals surface area contributed by atoms with Crippen molar-refractivity contribution < 1.29 is 18.3 Å². The number of anilines is 1. The van der Waals surface area contributed by atoms with Gasteiger partial charge in [-0.25, -0.2) is 4.39 Å². The summed E-state index contributed by atoms with van der Waals surface area (Å²) in [7, 11) is 0. The number of nitrogens with one attached hydrogen (secondary N) is 1. The Morgan fingerprint density at radius 3 is 2.91 bits per heavy atom. The highest BCUT2D eigenvalue weighted by molar-refractivity contribution is 8.00. The van der Waals surface area contributed by atoms with Crippen LogP contribution in [0.5, 0.6) is 0 Å². The van der Waals surface area contributed by atoms with Gasteiger partial charge in [0.15, 0.2) is 0 Å². The van der Waals surface area contributed by atoms with Crippen molar-refractivity contribution in [3.63, 3.8) is 0 Å². The molecule has 0 saturated carbocycles. The lowest BCUT2D eigenvalue weighted by Crippen LogP contribution is -2.14. The number of rotatable bonds is 5. The molecule has 0 aliphatic carbocycles. The van der Waals surface area contributed by atoms with Gasteiger partial charge in [-0.05, 0) is 37.1 Å². The number of halogens is 1. The summed E-state index contributed by atoms with van der Waals surface area (Å²) in [6, 6.07) is 6.01. The Balaban J connectivity index is 1.50. The fourth-order valence-corrected chi connectivity index (χ4v) is 2.72. The average Bonchev–Trinajstić information content (AvgIpc) is 3.17. The third-order valence-electron chi connectivity index (χ3n) is 3.08. The van der Waals surface area contributed by atoms with Gasteiger partial charge in [-0.3, -0.25) is 10.1 Å². The minimum absolute atomic E-state index is 0.0650. The van der Waals surface area contributed by atoms with E-state index in [0.29, 0.717) is 12.5 Å². The monoisotopic (exact) mass is 323 g/mol. The van der Waals surface area contributed by atoms with E-state index in [9.17, 15) is 9.18 Å². The molecule has 2 aromatic rings. The minimum atomic E-state index is -0.304. The third kappa shape index (κ3) is 3.83. The lowest BCUT2D eigenvalue weighted by atomic mass is 10.2. The zero-order valence-electron chi connectivity index (χ0n) is 11.6. The van der Waals surface area contributed by atoms with Crippen molar-refractivity contribution >= 4 is 23.7 Å². The molecule has 1 aromatic carbocycles. The van der Waals surface area contributed by atoms with Crippen molar-refractivity contribution in [3.05, 3.63) is 36.0 Å². The van der Waals surface area contributed by atoms with Crippen LogP contribution in [-0.4, -0.2) is 28.5 Å². The Morgan fingerprint density at radius 2 is 2.18 bits per heavy atom. The van der Waals surface area contributed by atoms with Gasteiger partial charge in [-0.15, -0.1) is 16.9 Å². The number of nitrogens with zero attached hydrogens (tertiary/aromatic N) is 2. The maximum Gasteiger partial charge on any atom is 0.322 e. The second-order valence-corrected chi connectivity index (χ2v) is 5.79. The normalized spacial score (nSPS) is 17.6. The Morgan fingerprint density at radius 1 is 1.36 bits per heavy atom. The largest absolute Gasteiger partial charge is 0.405 e. The summed E-state index contributed by atoms with van der Waals surface area (Å²) in [5.74, 6) is -0.0133. The molecule has 0 bridgehead atoms. The van der Waals surface area contributed by atoms with E-state index in [-0.39, 0.29) is 29.6 Å². The molecule has 1 aliphatic heterocycles. The van der Waals surface area contributed by atoms with Crippen molar-refractivity contribution in [1.29, 1.82) is 0 Å². The summed E-state index contributed by atoms with van der Waals surface area (Å²) in [4.78, 5) is 12.6. The first-order valence-corrected chi connectivity index (χ1v) is 7.82. The van der Waals surface area contributed by atoms with Crippen molar-refractivity contribution in [2.24, 2.45) is 0 Å². The molecule has 3 rings (SSSR count). The highest BCUT2D eigenvalue weighted by Crippen LogP contribution is 2.28. The van der Waals surface area contributed by atoms with Gasteiger partial charge in [0.25, 0.3) is 0 Å². The Hall–Kier alpha value is -1.93. The van der Waals surface area contributed by atoms with E-state index >= 15 is 0 Å². The summed E-state index contributed by atoms with van der Waals surface area (Å²) in [5, 5.41) is 10.2. The first kappa shape index (κ1) is 15.0. The fourth-order valence-electron chi connectivity index (χ4n) is 2.02. The topological polar surface area (TPSA) is 77.2 Å². The van der Waals surface area contributed by atoms with Gasteiger partial charge in [-0.2, -0.15) is 0 Å². The number of carbonyl (C=O) groups is 1. The molecule has 1 amide bonds. The SMILES string of the molecule is O=C(CSc1ccc(F)cc1)Nc1nnc(C2CCCO2)o1. The summed E-state index contributed by atoms with van der Waals surface area (Å²) in [6.07, 6.45) is 1.63. The third-order valence-corrected chi connectivity index (χ3v) is 4.09. The molecule has 1 saturated heterocycles. The number of benzene rings is 1. The predicted octanol–water partition coefficient (Wildman–Crippen LogP) is 2.79. The number of aromatic nitrogens is 2. The molecule has 1 fully saturated rings. The molecule has 1 unspecified atom stereocenters. The number of ether oxygens (including phenoxy) is 1. The lowest BCUT2D eigenvalue weighted by molar-refractivity contribution is -0.113. The van der Waals surface area contributed by atoms with Crippen LogP contribution in [0.15, 0.2) is 33.6 Å². The highest BCUT2D eigenvalue weighted by atomic mass is 32.2. The van der Waals surface area contributed by atoms with Crippen LogP contribution in [0.4, 0.5) is 10.4 Å². The van der Waals surface area contributed by atoms with E-state index in [4.69, 9.17) is 9.15 Å². The van der Waals surface area contributed by atoms with Crippen LogP contribution >= 0.6 is 11.8 Å². The van der Waals surface area contributed by atoms with E-state index in [1.54, 1.807) is 12.1 Å². The van der Waals surface area contributed by atoms with Gasteiger partial charge >= 0.3 is 6.01 Å². The van der Waals surface area contributed by atoms with Crippen LogP contribution in [0.1, 0.15) is 24.8 Å². The molecule has 116 valence electrons. The number of carbonyl (C=O) groups excluding carboxylic acids is 1. The number of hydrogen-bond donors (Lipinski definition) is 1. The molecule has 0 spiro atoms. The number of hydrogen-bond acceptors (Lipinski definition) is 6. The van der Waals surface area contributed by atoms with Crippen LogP contribution in [0, 0.1) is 5.82 Å². The summed E-state index contributed by atoms with van der Waals surface area (Å²) >= 11 is 1.30. The first-order valence-electron chi connectivity index (χ1n) is 6.84. The van der Waals surface area contributed by atoms with E-state index < -0.39 is 0 Å². The second-order valence-electron chi connectivity index (χ2n) is 4.74.